The average Bonchev–Trinajstić information content (AvgIpc) is 2.33. The number of rotatable bonds is 6. The molecule has 0 aromatic rings. The van der Waals surface area contributed by atoms with Gasteiger partial charge in [-0.3, -0.25) is 4.90 Å². The predicted molar refractivity (Wildman–Crippen MR) is 88.6 cm³/mol. The van der Waals surface area contributed by atoms with Crippen molar-refractivity contribution in [3.63, 3.8) is 0 Å². The molecule has 0 aromatic heterocycles. The van der Waals surface area contributed by atoms with Gasteiger partial charge in [-0.05, 0) is 46.5 Å². The second kappa shape index (κ2) is 6.95. The fourth-order valence-corrected chi connectivity index (χ4v) is 2.94. The molecule has 2 N–H and O–H groups in total. The summed E-state index contributed by atoms with van der Waals surface area (Å²) in [4.78, 5) is 2.46. The summed E-state index contributed by atoms with van der Waals surface area (Å²) in [5, 5.41) is 13.1. The van der Waals surface area contributed by atoms with Crippen molar-refractivity contribution in [2.75, 3.05) is 32.8 Å². The number of morpholine rings is 1. The highest BCUT2D eigenvalue weighted by Gasteiger charge is 2.36. The van der Waals surface area contributed by atoms with Crippen LogP contribution in [-0.4, -0.2) is 60.0 Å². The maximum absolute atomic E-state index is 9.44. The van der Waals surface area contributed by atoms with Crippen molar-refractivity contribution in [3.05, 3.63) is 0 Å². The fraction of sp³-hybridized carbons (Fsp3) is 1.00. The molecule has 21 heavy (non-hydrogen) atoms. The molecule has 1 aliphatic rings. The van der Waals surface area contributed by atoms with Gasteiger partial charge in [0.1, 0.15) is 0 Å². The van der Waals surface area contributed by atoms with Crippen LogP contribution in [0.3, 0.4) is 0 Å². The van der Waals surface area contributed by atoms with Gasteiger partial charge in [-0.25, -0.2) is 0 Å². The quantitative estimate of drug-likeness (QED) is 0.790. The third-order valence-electron chi connectivity index (χ3n) is 4.26. The van der Waals surface area contributed by atoms with Gasteiger partial charge < -0.3 is 15.2 Å². The predicted octanol–water partition coefficient (Wildman–Crippen LogP) is 2.26. The first-order valence-electron chi connectivity index (χ1n) is 8.25. The maximum Gasteiger partial charge on any atom is 0.0940 e. The molecular weight excluding hydrogens is 264 g/mol. The van der Waals surface area contributed by atoms with Crippen molar-refractivity contribution in [2.45, 2.75) is 72.1 Å². The first kappa shape index (κ1) is 18.9. The highest BCUT2D eigenvalue weighted by molar-refractivity contribution is 4.89. The van der Waals surface area contributed by atoms with Gasteiger partial charge in [0.05, 0.1) is 18.3 Å². The van der Waals surface area contributed by atoms with Crippen LogP contribution in [0.25, 0.3) is 0 Å². The lowest BCUT2D eigenvalue weighted by Crippen LogP contribution is -2.57. The van der Waals surface area contributed by atoms with E-state index < -0.39 is 0 Å². The summed E-state index contributed by atoms with van der Waals surface area (Å²) in [5.41, 5.74) is 0.201. The van der Waals surface area contributed by atoms with E-state index in [1.807, 2.05) is 0 Å². The standard InChI is InChI=1S/C17H36N2O2/c1-8-17(7,11-18-15(2,3)4)13-19-9-14(10-20)21-16(5,6)12-19/h14,18,20H,8-13H2,1-7H3. The van der Waals surface area contributed by atoms with E-state index in [9.17, 15) is 5.11 Å². The number of aliphatic hydroxyl groups excluding tert-OH is 1. The Hall–Kier alpha value is -0.160. The molecule has 0 bridgehead atoms. The topological polar surface area (TPSA) is 44.7 Å². The van der Waals surface area contributed by atoms with Gasteiger partial charge in [0.25, 0.3) is 0 Å². The average molecular weight is 300 g/mol. The molecule has 4 nitrogen and oxygen atoms in total. The Morgan fingerprint density at radius 2 is 1.90 bits per heavy atom. The highest BCUT2D eigenvalue weighted by Crippen LogP contribution is 2.27. The molecule has 2 unspecified atom stereocenters. The van der Waals surface area contributed by atoms with E-state index >= 15 is 0 Å². The number of nitrogens with zero attached hydrogens (tertiary/aromatic N) is 1. The second-order valence-electron chi connectivity index (χ2n) is 8.62. The lowest BCUT2D eigenvalue weighted by molar-refractivity contribution is -0.153. The minimum Gasteiger partial charge on any atom is -0.394 e. The molecule has 4 heteroatoms. The van der Waals surface area contributed by atoms with Gasteiger partial charge in [-0.15, -0.1) is 0 Å². The third kappa shape index (κ3) is 6.64. The molecule has 126 valence electrons. The number of hydrogen-bond donors (Lipinski definition) is 2. The molecule has 0 amide bonds. The van der Waals surface area contributed by atoms with E-state index in [1.165, 1.54) is 0 Å². The van der Waals surface area contributed by atoms with Crippen LogP contribution in [0.15, 0.2) is 0 Å². The summed E-state index contributed by atoms with van der Waals surface area (Å²) in [5.74, 6) is 0. The Kier molecular flexibility index (Phi) is 6.25. The zero-order valence-electron chi connectivity index (χ0n) is 15.1. The molecule has 0 aromatic carbocycles. The van der Waals surface area contributed by atoms with Crippen LogP contribution in [-0.2, 0) is 4.74 Å². The minimum atomic E-state index is -0.183. The van der Waals surface area contributed by atoms with Gasteiger partial charge in [0.15, 0.2) is 0 Å². The van der Waals surface area contributed by atoms with Crippen LogP contribution in [0.4, 0.5) is 0 Å². The Bertz CT molecular complexity index is 325. The van der Waals surface area contributed by atoms with Crippen LogP contribution in [0.5, 0.6) is 0 Å². The highest BCUT2D eigenvalue weighted by atomic mass is 16.5. The summed E-state index contributed by atoms with van der Waals surface area (Å²) < 4.78 is 5.91. The molecule has 0 aliphatic carbocycles. The van der Waals surface area contributed by atoms with Crippen molar-refractivity contribution >= 4 is 0 Å². The van der Waals surface area contributed by atoms with Gasteiger partial charge in [-0.1, -0.05) is 13.8 Å². The van der Waals surface area contributed by atoms with Crippen molar-refractivity contribution in [1.29, 1.82) is 0 Å². The molecule has 0 saturated carbocycles. The summed E-state index contributed by atoms with van der Waals surface area (Å²) in [7, 11) is 0. The molecule has 1 fully saturated rings. The van der Waals surface area contributed by atoms with Crippen molar-refractivity contribution in [2.24, 2.45) is 5.41 Å². The van der Waals surface area contributed by atoms with Crippen LogP contribution in [0.2, 0.25) is 0 Å². The molecule has 2 atom stereocenters. The Balaban J connectivity index is 2.66. The van der Waals surface area contributed by atoms with Crippen molar-refractivity contribution in [3.8, 4) is 0 Å². The fourth-order valence-electron chi connectivity index (χ4n) is 2.94. The van der Waals surface area contributed by atoms with Gasteiger partial charge in [0.2, 0.25) is 0 Å². The van der Waals surface area contributed by atoms with Crippen LogP contribution in [0, 0.1) is 5.41 Å². The number of ether oxygens (including phenoxy) is 1. The first-order chi connectivity index (χ1) is 9.49. The molecule has 0 spiro atoms. The summed E-state index contributed by atoms with van der Waals surface area (Å²) in [6.45, 7) is 19.4. The van der Waals surface area contributed by atoms with Crippen LogP contribution in [0.1, 0.15) is 54.9 Å². The number of nitrogens with one attached hydrogen (secondary N) is 1. The summed E-state index contributed by atoms with van der Waals surface area (Å²) in [6.07, 6.45) is 1.07. The summed E-state index contributed by atoms with van der Waals surface area (Å²) in [6, 6.07) is 0. The Labute approximate surface area is 131 Å². The number of aliphatic hydroxyl groups is 1. The van der Waals surface area contributed by atoms with E-state index in [2.05, 4.69) is 58.7 Å². The number of hydrogen-bond acceptors (Lipinski definition) is 4. The van der Waals surface area contributed by atoms with Gasteiger partial charge >= 0.3 is 0 Å². The zero-order valence-corrected chi connectivity index (χ0v) is 15.1. The molecule has 1 saturated heterocycles. The SMILES string of the molecule is CCC(C)(CNC(C)(C)C)CN1CC(CO)OC(C)(C)C1. The van der Waals surface area contributed by atoms with E-state index in [0.717, 1.165) is 32.6 Å². The Morgan fingerprint density at radius 1 is 1.29 bits per heavy atom. The van der Waals surface area contributed by atoms with Gasteiger partial charge in [-0.2, -0.15) is 0 Å². The first-order valence-corrected chi connectivity index (χ1v) is 8.25. The maximum atomic E-state index is 9.44. The van der Waals surface area contributed by atoms with Crippen molar-refractivity contribution in [1.82, 2.24) is 10.2 Å². The minimum absolute atomic E-state index is 0.0644. The lowest BCUT2D eigenvalue weighted by Gasteiger charge is -2.46. The van der Waals surface area contributed by atoms with Crippen LogP contribution < -0.4 is 5.32 Å². The monoisotopic (exact) mass is 300 g/mol. The van der Waals surface area contributed by atoms with E-state index in [-0.39, 0.29) is 29.3 Å². The van der Waals surface area contributed by atoms with E-state index in [0.29, 0.717) is 0 Å². The second-order valence-corrected chi connectivity index (χ2v) is 8.62. The van der Waals surface area contributed by atoms with E-state index in [4.69, 9.17) is 4.74 Å². The van der Waals surface area contributed by atoms with E-state index in [1.54, 1.807) is 0 Å². The zero-order chi connectivity index (χ0) is 16.3. The smallest absolute Gasteiger partial charge is 0.0940 e. The van der Waals surface area contributed by atoms with Crippen LogP contribution >= 0.6 is 0 Å². The molecule has 1 aliphatic heterocycles. The van der Waals surface area contributed by atoms with Crippen molar-refractivity contribution < 1.29 is 9.84 Å². The normalized spacial score (nSPS) is 26.6. The van der Waals surface area contributed by atoms with Gasteiger partial charge in [0, 0.05) is 31.7 Å². The Morgan fingerprint density at radius 3 is 2.38 bits per heavy atom. The molecule has 0 radical (unpaired) electrons. The largest absolute Gasteiger partial charge is 0.394 e. The molecule has 1 heterocycles. The lowest BCUT2D eigenvalue weighted by atomic mass is 9.85. The molecular formula is C17H36N2O2. The third-order valence-corrected chi connectivity index (χ3v) is 4.26. The molecule has 1 rings (SSSR count). The summed E-state index contributed by atoms with van der Waals surface area (Å²) >= 11 is 0.